The first kappa shape index (κ1) is 20.6. The molecule has 3 aromatic rings. The van der Waals surface area contributed by atoms with E-state index in [9.17, 15) is 0 Å². The van der Waals surface area contributed by atoms with Crippen LogP contribution in [0.4, 0.5) is 5.69 Å². The number of nitrogens with zero attached hydrogens (tertiary/aromatic N) is 6. The summed E-state index contributed by atoms with van der Waals surface area (Å²) in [4.78, 5) is 6.46. The van der Waals surface area contributed by atoms with E-state index in [-0.39, 0.29) is 6.04 Å². The van der Waals surface area contributed by atoms with Crippen molar-refractivity contribution in [2.45, 2.75) is 58.0 Å². The Morgan fingerprint density at radius 1 is 1.00 bits per heavy atom. The van der Waals surface area contributed by atoms with Crippen LogP contribution in [0.3, 0.4) is 0 Å². The number of benzene rings is 1. The van der Waals surface area contributed by atoms with Crippen LogP contribution in [0.2, 0.25) is 0 Å². The van der Waals surface area contributed by atoms with Crippen LogP contribution in [0.25, 0.3) is 0 Å². The summed E-state index contributed by atoms with van der Waals surface area (Å²) in [6.45, 7) is 8.46. The molecule has 1 atom stereocenters. The topological polar surface area (TPSA) is 50.1 Å². The molecule has 3 heterocycles. The van der Waals surface area contributed by atoms with E-state index in [1.807, 2.05) is 11.3 Å². The first-order valence-electron chi connectivity index (χ1n) is 11.6. The molecule has 0 N–H and O–H groups in total. The third-order valence-electron chi connectivity index (χ3n) is 6.88. The minimum absolute atomic E-state index is 0.137. The molecule has 7 heteroatoms. The van der Waals surface area contributed by atoms with Crippen molar-refractivity contribution in [2.75, 3.05) is 31.1 Å². The molecule has 164 valence electrons. The van der Waals surface area contributed by atoms with Gasteiger partial charge in [0.2, 0.25) is 0 Å². The highest BCUT2D eigenvalue weighted by Gasteiger charge is 2.33. The molecule has 2 aromatic heterocycles. The summed E-state index contributed by atoms with van der Waals surface area (Å²) >= 11 is 1.82. The fourth-order valence-electron chi connectivity index (χ4n) is 5.16. The summed E-state index contributed by atoms with van der Waals surface area (Å²) in [7, 11) is 0. The molecule has 0 bridgehead atoms. The Morgan fingerprint density at radius 2 is 1.81 bits per heavy atom. The molecule has 0 amide bonds. The fraction of sp³-hybridized carbons (Fsp3) is 0.542. The van der Waals surface area contributed by atoms with E-state index in [0.717, 1.165) is 32.0 Å². The van der Waals surface area contributed by atoms with Gasteiger partial charge in [0.1, 0.15) is 6.04 Å². The van der Waals surface area contributed by atoms with E-state index < -0.39 is 0 Å². The number of aryl methyl sites for hydroxylation is 2. The van der Waals surface area contributed by atoms with E-state index in [4.69, 9.17) is 0 Å². The Morgan fingerprint density at radius 3 is 2.55 bits per heavy atom. The lowest BCUT2D eigenvalue weighted by Crippen LogP contribution is -2.48. The lowest BCUT2D eigenvalue weighted by Gasteiger charge is -2.40. The second kappa shape index (κ2) is 9.09. The number of anilines is 1. The van der Waals surface area contributed by atoms with Crippen LogP contribution in [0.5, 0.6) is 0 Å². The van der Waals surface area contributed by atoms with Crippen molar-refractivity contribution in [3.8, 4) is 0 Å². The van der Waals surface area contributed by atoms with Gasteiger partial charge in [-0.3, -0.25) is 4.90 Å². The highest BCUT2D eigenvalue weighted by atomic mass is 32.1. The van der Waals surface area contributed by atoms with Crippen LogP contribution in [-0.4, -0.2) is 51.3 Å². The normalized spacial score (nSPS) is 19.6. The van der Waals surface area contributed by atoms with Gasteiger partial charge in [0.15, 0.2) is 5.82 Å². The SMILES string of the molecule is Cc1ccc(C)c(N2CCN([C@H](c3cccs3)c3nnnn3C3CCCCC3)CC2)c1. The van der Waals surface area contributed by atoms with Crippen molar-refractivity contribution < 1.29 is 0 Å². The maximum Gasteiger partial charge on any atom is 0.174 e. The molecule has 5 rings (SSSR count). The van der Waals surface area contributed by atoms with Crippen LogP contribution < -0.4 is 4.90 Å². The average molecular weight is 437 g/mol. The maximum atomic E-state index is 4.58. The van der Waals surface area contributed by atoms with Crippen molar-refractivity contribution in [2.24, 2.45) is 0 Å². The molecule has 31 heavy (non-hydrogen) atoms. The minimum Gasteiger partial charge on any atom is -0.369 e. The van der Waals surface area contributed by atoms with Crippen molar-refractivity contribution >= 4 is 17.0 Å². The number of hydrogen-bond acceptors (Lipinski definition) is 6. The third-order valence-corrected chi connectivity index (χ3v) is 7.81. The molecule has 2 fully saturated rings. The number of rotatable bonds is 5. The summed E-state index contributed by atoms with van der Waals surface area (Å²) in [5.41, 5.74) is 4.06. The molecule has 1 aromatic carbocycles. The zero-order valence-electron chi connectivity index (χ0n) is 18.6. The molecule has 0 unspecified atom stereocenters. The Bertz CT molecular complexity index is 983. The lowest BCUT2D eigenvalue weighted by molar-refractivity contribution is 0.196. The van der Waals surface area contributed by atoms with E-state index >= 15 is 0 Å². The van der Waals surface area contributed by atoms with Gasteiger partial charge in [-0.2, -0.15) is 0 Å². The molecule has 0 spiro atoms. The van der Waals surface area contributed by atoms with Gasteiger partial charge in [-0.05, 0) is 65.8 Å². The number of piperazine rings is 1. The van der Waals surface area contributed by atoms with Crippen molar-refractivity contribution in [1.82, 2.24) is 25.1 Å². The Labute approximate surface area is 188 Å². The molecular weight excluding hydrogens is 404 g/mol. The van der Waals surface area contributed by atoms with E-state index in [2.05, 4.69) is 79.6 Å². The summed E-state index contributed by atoms with van der Waals surface area (Å²) in [5, 5.41) is 15.4. The van der Waals surface area contributed by atoms with Gasteiger partial charge < -0.3 is 4.90 Å². The van der Waals surface area contributed by atoms with E-state index in [1.165, 1.54) is 53.8 Å². The van der Waals surface area contributed by atoms with Crippen molar-refractivity contribution in [1.29, 1.82) is 0 Å². The van der Waals surface area contributed by atoms with Crippen LogP contribution in [0.15, 0.2) is 35.7 Å². The van der Waals surface area contributed by atoms with Crippen LogP contribution in [0.1, 0.15) is 66.0 Å². The summed E-state index contributed by atoms with van der Waals surface area (Å²) < 4.78 is 2.15. The zero-order valence-corrected chi connectivity index (χ0v) is 19.4. The van der Waals surface area contributed by atoms with Crippen molar-refractivity contribution in [3.05, 3.63) is 57.5 Å². The second-order valence-electron chi connectivity index (χ2n) is 9.00. The smallest absolute Gasteiger partial charge is 0.174 e. The van der Waals surface area contributed by atoms with Gasteiger partial charge >= 0.3 is 0 Å². The first-order valence-corrected chi connectivity index (χ1v) is 12.5. The minimum atomic E-state index is 0.137. The molecule has 1 aliphatic carbocycles. The number of aromatic nitrogens is 4. The zero-order chi connectivity index (χ0) is 21.2. The van der Waals surface area contributed by atoms with Crippen LogP contribution in [-0.2, 0) is 0 Å². The largest absolute Gasteiger partial charge is 0.369 e. The van der Waals surface area contributed by atoms with Crippen molar-refractivity contribution in [3.63, 3.8) is 0 Å². The second-order valence-corrected chi connectivity index (χ2v) is 9.98. The standard InChI is InChI=1S/C24H32N6S/c1-18-10-11-19(2)21(17-18)28-12-14-29(15-13-28)23(22-9-6-16-31-22)24-25-26-27-30(24)20-7-4-3-5-8-20/h6,9-11,16-17,20,23H,3-5,7-8,12-15H2,1-2H3/t23-/m1/s1. The lowest BCUT2D eigenvalue weighted by atomic mass is 9.95. The number of hydrogen-bond donors (Lipinski definition) is 0. The van der Waals surface area contributed by atoms with Crippen LogP contribution in [0, 0.1) is 13.8 Å². The third kappa shape index (κ3) is 4.26. The first-order chi connectivity index (χ1) is 15.2. The molecule has 6 nitrogen and oxygen atoms in total. The summed E-state index contributed by atoms with van der Waals surface area (Å²) in [6.07, 6.45) is 6.28. The van der Waals surface area contributed by atoms with Crippen LogP contribution >= 0.6 is 11.3 Å². The fourth-order valence-corrected chi connectivity index (χ4v) is 6.02. The maximum absolute atomic E-state index is 4.58. The highest BCUT2D eigenvalue weighted by Crippen LogP contribution is 2.35. The highest BCUT2D eigenvalue weighted by molar-refractivity contribution is 7.10. The van der Waals surface area contributed by atoms with Gasteiger partial charge in [-0.15, -0.1) is 16.4 Å². The molecule has 0 radical (unpaired) electrons. The Balaban J connectivity index is 1.39. The number of thiophene rings is 1. The van der Waals surface area contributed by atoms with Gasteiger partial charge in [-0.1, -0.05) is 37.5 Å². The predicted octanol–water partition coefficient (Wildman–Crippen LogP) is 4.77. The molecule has 1 saturated heterocycles. The van der Waals surface area contributed by atoms with Gasteiger partial charge in [0, 0.05) is 36.7 Å². The van der Waals surface area contributed by atoms with E-state index in [0.29, 0.717) is 6.04 Å². The molecule has 1 aliphatic heterocycles. The summed E-state index contributed by atoms with van der Waals surface area (Å²) in [6, 6.07) is 11.7. The monoisotopic (exact) mass is 436 g/mol. The quantitative estimate of drug-likeness (QED) is 0.577. The van der Waals surface area contributed by atoms with Gasteiger partial charge in [0.25, 0.3) is 0 Å². The Kier molecular flexibility index (Phi) is 6.05. The van der Waals surface area contributed by atoms with Gasteiger partial charge in [-0.25, -0.2) is 4.68 Å². The summed E-state index contributed by atoms with van der Waals surface area (Å²) in [5.74, 6) is 1.02. The molecule has 1 saturated carbocycles. The van der Waals surface area contributed by atoms with Gasteiger partial charge in [0.05, 0.1) is 6.04 Å². The number of tetrazole rings is 1. The Hall–Kier alpha value is -2.25. The average Bonchev–Trinajstić information content (AvgIpc) is 3.50. The molecular formula is C24H32N6S. The predicted molar refractivity (Wildman–Crippen MR) is 126 cm³/mol. The molecule has 2 aliphatic rings. The van der Waals surface area contributed by atoms with E-state index in [1.54, 1.807) is 0 Å².